The third-order valence-electron chi connectivity index (χ3n) is 3.13. The van der Waals surface area contributed by atoms with E-state index < -0.39 is 23.0 Å². The van der Waals surface area contributed by atoms with Crippen LogP contribution in [0.1, 0.15) is 20.3 Å². The van der Waals surface area contributed by atoms with Crippen LogP contribution in [0.15, 0.2) is 17.3 Å². The van der Waals surface area contributed by atoms with E-state index in [2.05, 4.69) is 10.5 Å². The number of benzene rings is 1. The number of amidine groups is 1. The fourth-order valence-electron chi connectivity index (χ4n) is 1.48. The Morgan fingerprint density at radius 2 is 2.15 bits per heavy atom. The summed E-state index contributed by atoms with van der Waals surface area (Å²) in [5, 5.41) is 13.4. The van der Waals surface area contributed by atoms with Crippen LogP contribution in [0, 0.1) is 17.0 Å². The Morgan fingerprint density at radius 3 is 2.60 bits per heavy atom. The van der Waals surface area contributed by atoms with E-state index in [4.69, 9.17) is 22.5 Å². The Hall–Kier alpha value is -1.89. The minimum Gasteiger partial charge on any atom is -0.409 e. The number of oxime groups is 1. The van der Waals surface area contributed by atoms with Gasteiger partial charge >= 0.3 is 0 Å². The lowest BCUT2D eigenvalue weighted by molar-refractivity contribution is -0.121. The third-order valence-corrected chi connectivity index (χ3v) is 3.42. The average molecular weight is 306 g/mol. The van der Waals surface area contributed by atoms with Gasteiger partial charge in [-0.3, -0.25) is 4.79 Å². The van der Waals surface area contributed by atoms with Crippen LogP contribution in [-0.4, -0.2) is 17.0 Å². The van der Waals surface area contributed by atoms with Crippen molar-refractivity contribution in [2.75, 3.05) is 5.32 Å². The Bertz CT molecular complexity index is 543. The fourth-order valence-corrected chi connectivity index (χ4v) is 1.72. The molecule has 8 heteroatoms. The van der Waals surface area contributed by atoms with Crippen LogP contribution in [-0.2, 0) is 4.79 Å². The minimum absolute atomic E-state index is 0.204. The van der Waals surface area contributed by atoms with Crippen LogP contribution in [0.25, 0.3) is 0 Å². The maximum atomic E-state index is 13.6. The quantitative estimate of drug-likeness (QED) is 0.346. The van der Waals surface area contributed by atoms with Gasteiger partial charge in [0.2, 0.25) is 5.91 Å². The molecule has 1 aromatic carbocycles. The third kappa shape index (κ3) is 2.98. The number of carbonyl (C=O) groups is 1. The number of nitrogens with one attached hydrogen (secondary N) is 1. The average Bonchev–Trinajstić information content (AvgIpc) is 2.40. The van der Waals surface area contributed by atoms with E-state index in [9.17, 15) is 13.6 Å². The molecule has 0 bridgehead atoms. The maximum absolute atomic E-state index is 13.6. The number of anilines is 1. The van der Waals surface area contributed by atoms with Crippen molar-refractivity contribution in [3.05, 3.63) is 28.8 Å². The zero-order valence-electron chi connectivity index (χ0n) is 10.9. The topological polar surface area (TPSA) is 87.7 Å². The number of amides is 1. The molecule has 0 fully saturated rings. The largest absolute Gasteiger partial charge is 0.409 e. The van der Waals surface area contributed by atoms with Gasteiger partial charge in [-0.2, -0.15) is 0 Å². The van der Waals surface area contributed by atoms with Gasteiger partial charge in [0.25, 0.3) is 0 Å². The number of halogens is 3. The predicted octanol–water partition coefficient (Wildman–Crippen LogP) is 2.72. The van der Waals surface area contributed by atoms with Gasteiger partial charge in [-0.15, -0.1) is 0 Å². The summed E-state index contributed by atoms with van der Waals surface area (Å²) in [6, 6.07) is 1.46. The summed E-state index contributed by atoms with van der Waals surface area (Å²) >= 11 is 5.68. The smallest absolute Gasteiger partial charge is 0.238 e. The van der Waals surface area contributed by atoms with Crippen molar-refractivity contribution in [3.8, 4) is 0 Å². The molecule has 1 amide bonds. The number of hydrogen-bond donors (Lipinski definition) is 3. The predicted molar refractivity (Wildman–Crippen MR) is 71.8 cm³/mol. The molecular weight excluding hydrogens is 292 g/mol. The molecule has 4 N–H and O–H groups in total. The highest BCUT2D eigenvalue weighted by atomic mass is 35.5. The van der Waals surface area contributed by atoms with Crippen LogP contribution in [0.2, 0.25) is 5.02 Å². The summed E-state index contributed by atoms with van der Waals surface area (Å²) in [4.78, 5) is 12.2. The monoisotopic (exact) mass is 305 g/mol. The second-order valence-corrected chi connectivity index (χ2v) is 4.78. The summed E-state index contributed by atoms with van der Waals surface area (Å²) in [7, 11) is 0. The first-order valence-electron chi connectivity index (χ1n) is 5.70. The summed E-state index contributed by atoms with van der Waals surface area (Å²) in [6.45, 7) is 3.06. The molecule has 0 aliphatic heterocycles. The van der Waals surface area contributed by atoms with E-state index in [0.29, 0.717) is 6.07 Å². The molecule has 0 radical (unpaired) electrons. The highest BCUT2D eigenvalue weighted by Crippen LogP contribution is 2.30. The summed E-state index contributed by atoms with van der Waals surface area (Å²) in [6.07, 6.45) is 0.204. The summed E-state index contributed by atoms with van der Waals surface area (Å²) in [5.74, 6) is -2.92. The molecule has 0 aliphatic rings. The molecule has 1 atom stereocenters. The van der Waals surface area contributed by atoms with Crippen LogP contribution in [0.5, 0.6) is 0 Å². The van der Waals surface area contributed by atoms with Gasteiger partial charge in [0.15, 0.2) is 11.7 Å². The zero-order valence-corrected chi connectivity index (χ0v) is 11.6. The Kier molecular flexibility index (Phi) is 4.88. The van der Waals surface area contributed by atoms with Gasteiger partial charge in [0, 0.05) is 6.07 Å². The zero-order chi connectivity index (χ0) is 15.5. The molecule has 0 aromatic heterocycles. The van der Waals surface area contributed by atoms with Gasteiger partial charge in [0.05, 0.1) is 10.7 Å². The van der Waals surface area contributed by atoms with Crippen molar-refractivity contribution in [1.82, 2.24) is 0 Å². The number of hydrogen-bond acceptors (Lipinski definition) is 3. The number of nitrogens with zero attached hydrogens (tertiary/aromatic N) is 1. The summed E-state index contributed by atoms with van der Waals surface area (Å²) < 4.78 is 26.5. The first-order chi connectivity index (χ1) is 9.26. The molecular formula is C12H14ClF2N3O2. The maximum Gasteiger partial charge on any atom is 0.238 e. The molecule has 20 heavy (non-hydrogen) atoms. The van der Waals surface area contributed by atoms with Crippen molar-refractivity contribution >= 4 is 29.0 Å². The van der Waals surface area contributed by atoms with E-state index in [1.807, 2.05) is 0 Å². The van der Waals surface area contributed by atoms with Crippen molar-refractivity contribution in [2.45, 2.75) is 20.3 Å². The molecule has 1 unspecified atom stereocenters. The number of rotatable bonds is 4. The van der Waals surface area contributed by atoms with E-state index in [-0.39, 0.29) is 23.0 Å². The lowest BCUT2D eigenvalue weighted by atomic mass is 9.85. The lowest BCUT2D eigenvalue weighted by Gasteiger charge is -2.25. The molecule has 0 saturated carbocycles. The highest BCUT2D eigenvalue weighted by molar-refractivity contribution is 6.34. The van der Waals surface area contributed by atoms with Crippen molar-refractivity contribution < 1.29 is 18.8 Å². The van der Waals surface area contributed by atoms with Crippen molar-refractivity contribution in [3.63, 3.8) is 0 Å². The highest BCUT2D eigenvalue weighted by Gasteiger charge is 2.37. The van der Waals surface area contributed by atoms with Gasteiger partial charge < -0.3 is 16.3 Å². The second-order valence-electron chi connectivity index (χ2n) is 4.37. The molecule has 0 heterocycles. The molecule has 1 rings (SSSR count). The van der Waals surface area contributed by atoms with Crippen LogP contribution in [0.4, 0.5) is 14.5 Å². The molecule has 0 spiro atoms. The first kappa shape index (κ1) is 16.2. The van der Waals surface area contributed by atoms with Gasteiger partial charge in [-0.1, -0.05) is 23.7 Å². The normalized spacial score (nSPS) is 14.8. The van der Waals surface area contributed by atoms with Crippen LogP contribution in [0.3, 0.4) is 0 Å². The number of carbonyl (C=O) groups excluding carboxylic acids is 1. The molecule has 0 saturated heterocycles. The van der Waals surface area contributed by atoms with Crippen molar-refractivity contribution in [1.29, 1.82) is 0 Å². The first-order valence-corrected chi connectivity index (χ1v) is 6.08. The van der Waals surface area contributed by atoms with Crippen molar-refractivity contribution in [2.24, 2.45) is 16.3 Å². The fraction of sp³-hybridized carbons (Fsp3) is 0.333. The summed E-state index contributed by atoms with van der Waals surface area (Å²) in [5.41, 5.74) is 3.76. The Labute approximate surface area is 119 Å². The van der Waals surface area contributed by atoms with E-state index in [1.165, 1.54) is 6.92 Å². The van der Waals surface area contributed by atoms with Crippen LogP contribution >= 0.6 is 11.6 Å². The van der Waals surface area contributed by atoms with E-state index >= 15 is 0 Å². The molecule has 0 aliphatic carbocycles. The Morgan fingerprint density at radius 1 is 1.55 bits per heavy atom. The molecule has 110 valence electrons. The second kappa shape index (κ2) is 6.04. The van der Waals surface area contributed by atoms with Crippen LogP contribution < -0.4 is 11.1 Å². The van der Waals surface area contributed by atoms with E-state index in [0.717, 1.165) is 6.07 Å². The van der Waals surface area contributed by atoms with E-state index in [1.54, 1.807) is 6.92 Å². The standard InChI is InChI=1S/C12H14ClF2N3O2/c1-3-12(2,10(16)18-20)11(19)17-9-7(13)4-6(14)5-8(9)15/h4-5,20H,3H2,1-2H3,(H2,16,18)(H,17,19). The Balaban J connectivity index is 3.13. The van der Waals surface area contributed by atoms with Gasteiger partial charge in [-0.25, -0.2) is 8.78 Å². The molecule has 1 aromatic rings. The molecule has 5 nitrogen and oxygen atoms in total. The minimum atomic E-state index is -1.35. The van der Waals surface area contributed by atoms with Gasteiger partial charge in [0.1, 0.15) is 11.2 Å². The number of nitrogens with two attached hydrogens (primary N) is 1. The van der Waals surface area contributed by atoms with Gasteiger partial charge in [-0.05, 0) is 19.4 Å². The lowest BCUT2D eigenvalue weighted by Crippen LogP contribution is -2.44. The SMILES string of the molecule is CCC(C)(C(=O)Nc1c(F)cc(F)cc1Cl)C(N)=NO.